The Morgan fingerprint density at radius 3 is 2.37 bits per heavy atom. The van der Waals surface area contributed by atoms with Gasteiger partial charge in [-0.2, -0.15) is 0 Å². The van der Waals surface area contributed by atoms with Crippen molar-refractivity contribution in [2.24, 2.45) is 0 Å². The van der Waals surface area contributed by atoms with E-state index in [2.05, 4.69) is 10.1 Å². The minimum absolute atomic E-state index is 0.0404. The van der Waals surface area contributed by atoms with E-state index in [0.717, 1.165) is 11.1 Å². The molecule has 0 atom stereocenters. The summed E-state index contributed by atoms with van der Waals surface area (Å²) in [7, 11) is 0. The molecule has 1 heterocycles. The fourth-order valence-electron chi connectivity index (χ4n) is 3.33. The van der Waals surface area contributed by atoms with E-state index in [0.29, 0.717) is 18.5 Å². The summed E-state index contributed by atoms with van der Waals surface area (Å²) < 4.78 is 53.7. The zero-order valence-electron chi connectivity index (χ0n) is 19.6. The monoisotopic (exact) mass is 492 g/mol. The van der Waals surface area contributed by atoms with Gasteiger partial charge in [-0.3, -0.25) is 5.32 Å². The van der Waals surface area contributed by atoms with Gasteiger partial charge < -0.3 is 19.1 Å². The third-order valence-electron chi connectivity index (χ3n) is 4.89. The molecule has 188 valence electrons. The molecule has 0 saturated heterocycles. The van der Waals surface area contributed by atoms with Crippen LogP contribution in [-0.2, 0) is 16.1 Å². The summed E-state index contributed by atoms with van der Waals surface area (Å²) >= 11 is 0. The smallest absolute Gasteiger partial charge is 0.444 e. The molecule has 0 aromatic heterocycles. The zero-order valence-corrected chi connectivity index (χ0v) is 19.6. The summed E-state index contributed by atoms with van der Waals surface area (Å²) in [4.78, 5) is 25.9. The molecule has 10 heteroatoms. The fraction of sp³-hybridized carbons (Fsp3) is 0.360. The van der Waals surface area contributed by atoms with Crippen LogP contribution in [0.3, 0.4) is 0 Å². The number of carbonyl (C=O) groups excluding carboxylic acids is 2. The molecule has 0 fully saturated rings. The maximum Gasteiger partial charge on any atom is 0.573 e. The largest absolute Gasteiger partial charge is 0.573 e. The molecule has 3 rings (SSSR count). The lowest BCUT2D eigenvalue weighted by molar-refractivity contribution is -0.274. The number of alkyl halides is 3. The standard InChI is InChI=1S/C25H27F3N2O5/c1-24(2,3)35-23(32)30-13-11-18(12-14-30)19-9-10-20(21(15-19)34-25(26,27)28)29-22(31)33-16-17-7-5-4-6-8-17/h4-11,15H,12-14,16H2,1-3H3,(H,29,31). The molecular formula is C25H27F3N2O5. The molecule has 7 nitrogen and oxygen atoms in total. The first kappa shape index (κ1) is 25.9. The summed E-state index contributed by atoms with van der Waals surface area (Å²) in [6.45, 7) is 5.87. The minimum Gasteiger partial charge on any atom is -0.444 e. The third kappa shape index (κ3) is 8.24. The van der Waals surface area contributed by atoms with E-state index in [9.17, 15) is 22.8 Å². The number of hydrogen-bond acceptors (Lipinski definition) is 5. The van der Waals surface area contributed by atoms with Crippen LogP contribution in [0.1, 0.15) is 38.3 Å². The molecule has 2 amide bonds. The van der Waals surface area contributed by atoms with Crippen LogP contribution in [0.2, 0.25) is 0 Å². The first-order valence-electron chi connectivity index (χ1n) is 10.9. The molecule has 0 unspecified atom stereocenters. The average Bonchev–Trinajstić information content (AvgIpc) is 2.77. The number of carbonyl (C=O) groups is 2. The van der Waals surface area contributed by atoms with Crippen LogP contribution < -0.4 is 10.1 Å². The quantitative estimate of drug-likeness (QED) is 0.526. The van der Waals surface area contributed by atoms with Crippen LogP contribution in [0.4, 0.5) is 28.4 Å². The lowest BCUT2D eigenvalue weighted by atomic mass is 9.99. The summed E-state index contributed by atoms with van der Waals surface area (Å²) in [6.07, 6.45) is -4.17. The first-order valence-corrected chi connectivity index (χ1v) is 10.9. The second kappa shape index (κ2) is 10.7. The summed E-state index contributed by atoms with van der Waals surface area (Å²) in [5, 5.41) is 2.30. The highest BCUT2D eigenvalue weighted by molar-refractivity contribution is 5.87. The Morgan fingerprint density at radius 2 is 1.77 bits per heavy atom. The van der Waals surface area contributed by atoms with E-state index in [1.54, 1.807) is 57.2 Å². The molecule has 0 aliphatic carbocycles. The van der Waals surface area contributed by atoms with Crippen molar-refractivity contribution in [1.29, 1.82) is 0 Å². The lowest BCUT2D eigenvalue weighted by Gasteiger charge is -2.29. The normalized spacial score (nSPS) is 14.1. The van der Waals surface area contributed by atoms with Crippen LogP contribution >= 0.6 is 0 Å². The van der Waals surface area contributed by atoms with E-state index in [-0.39, 0.29) is 18.8 Å². The van der Waals surface area contributed by atoms with Gasteiger partial charge in [0.05, 0.1) is 5.69 Å². The number of ether oxygens (including phenoxy) is 3. The van der Waals surface area contributed by atoms with Gasteiger partial charge >= 0.3 is 18.5 Å². The number of rotatable bonds is 5. The molecule has 1 aliphatic rings. The van der Waals surface area contributed by atoms with Crippen molar-refractivity contribution >= 4 is 23.4 Å². The maximum absolute atomic E-state index is 13.0. The molecule has 1 N–H and O–H groups in total. The number of nitrogens with zero attached hydrogens (tertiary/aromatic N) is 1. The Labute approximate surface area is 201 Å². The van der Waals surface area contributed by atoms with E-state index < -0.39 is 29.9 Å². The number of halogens is 3. The Kier molecular flexibility index (Phi) is 7.93. The Balaban J connectivity index is 1.72. The average molecular weight is 492 g/mol. The van der Waals surface area contributed by atoms with Gasteiger partial charge in [0.25, 0.3) is 0 Å². The Morgan fingerprint density at radius 1 is 1.06 bits per heavy atom. The molecule has 0 radical (unpaired) electrons. The van der Waals surface area contributed by atoms with Crippen molar-refractivity contribution in [3.05, 3.63) is 65.7 Å². The number of benzene rings is 2. The molecule has 0 saturated carbocycles. The first-order chi connectivity index (χ1) is 16.4. The van der Waals surface area contributed by atoms with E-state index in [4.69, 9.17) is 9.47 Å². The fourth-order valence-corrected chi connectivity index (χ4v) is 3.33. The second-order valence-corrected chi connectivity index (χ2v) is 8.85. The summed E-state index contributed by atoms with van der Waals surface area (Å²) in [5.74, 6) is -0.567. The zero-order chi connectivity index (χ0) is 25.6. The number of nitrogens with one attached hydrogen (secondary N) is 1. The number of hydrogen-bond donors (Lipinski definition) is 1. The van der Waals surface area contributed by atoms with Crippen molar-refractivity contribution in [2.45, 2.75) is 45.8 Å². The van der Waals surface area contributed by atoms with E-state index in [1.807, 2.05) is 6.07 Å². The van der Waals surface area contributed by atoms with Crippen molar-refractivity contribution < 1.29 is 37.0 Å². The molecule has 0 spiro atoms. The van der Waals surface area contributed by atoms with Crippen molar-refractivity contribution in [3.63, 3.8) is 0 Å². The van der Waals surface area contributed by atoms with E-state index >= 15 is 0 Å². The molecule has 2 aromatic carbocycles. The molecule has 35 heavy (non-hydrogen) atoms. The van der Waals surface area contributed by atoms with Gasteiger partial charge in [0.2, 0.25) is 0 Å². The molecule has 2 aromatic rings. The second-order valence-electron chi connectivity index (χ2n) is 8.85. The van der Waals surface area contributed by atoms with Crippen LogP contribution in [0.15, 0.2) is 54.6 Å². The van der Waals surface area contributed by atoms with Crippen LogP contribution in [-0.4, -0.2) is 42.1 Å². The summed E-state index contributed by atoms with van der Waals surface area (Å²) in [5.41, 5.74) is 1.15. The molecule has 0 bridgehead atoms. The predicted molar refractivity (Wildman–Crippen MR) is 124 cm³/mol. The third-order valence-corrected chi connectivity index (χ3v) is 4.89. The maximum atomic E-state index is 13.0. The summed E-state index contributed by atoms with van der Waals surface area (Å²) in [6, 6.07) is 13.0. The van der Waals surface area contributed by atoms with Crippen LogP contribution in [0, 0.1) is 0 Å². The van der Waals surface area contributed by atoms with Gasteiger partial charge in [-0.25, -0.2) is 9.59 Å². The SMILES string of the molecule is CC(C)(C)OC(=O)N1CC=C(c2ccc(NC(=O)OCc3ccccc3)c(OC(F)(F)F)c2)CC1. The Bertz CT molecular complexity index is 1080. The van der Waals surface area contributed by atoms with Crippen molar-refractivity contribution in [3.8, 4) is 5.75 Å². The molecular weight excluding hydrogens is 465 g/mol. The van der Waals surface area contributed by atoms with Gasteiger partial charge in [-0.15, -0.1) is 13.2 Å². The lowest BCUT2D eigenvalue weighted by Crippen LogP contribution is -2.39. The minimum atomic E-state index is -4.96. The highest BCUT2D eigenvalue weighted by Gasteiger charge is 2.33. The van der Waals surface area contributed by atoms with Gasteiger partial charge in [0.1, 0.15) is 12.2 Å². The van der Waals surface area contributed by atoms with Crippen LogP contribution in [0.5, 0.6) is 5.75 Å². The highest BCUT2D eigenvalue weighted by atomic mass is 19.4. The van der Waals surface area contributed by atoms with Crippen molar-refractivity contribution in [2.75, 3.05) is 18.4 Å². The number of amides is 2. The van der Waals surface area contributed by atoms with Crippen molar-refractivity contribution in [1.82, 2.24) is 4.90 Å². The van der Waals surface area contributed by atoms with Gasteiger partial charge in [-0.05, 0) is 56.0 Å². The van der Waals surface area contributed by atoms with E-state index in [1.165, 1.54) is 17.0 Å². The predicted octanol–water partition coefficient (Wildman–Crippen LogP) is 6.36. The number of anilines is 1. The molecule has 1 aliphatic heterocycles. The van der Waals surface area contributed by atoms with Gasteiger partial charge in [-0.1, -0.05) is 42.5 Å². The van der Waals surface area contributed by atoms with Gasteiger partial charge in [0, 0.05) is 13.1 Å². The highest BCUT2D eigenvalue weighted by Crippen LogP contribution is 2.35. The Hall–Kier alpha value is -3.69. The topological polar surface area (TPSA) is 77.1 Å². The van der Waals surface area contributed by atoms with Crippen LogP contribution in [0.25, 0.3) is 5.57 Å². The van der Waals surface area contributed by atoms with Gasteiger partial charge in [0.15, 0.2) is 5.75 Å².